The molecule has 5 unspecified atom stereocenters. The molecule has 8 aromatic carbocycles. The number of hydrogen-bond donors (Lipinski definition) is 0. The predicted molar refractivity (Wildman–Crippen MR) is 325 cm³/mol. The molecule has 0 amide bonds. The van der Waals surface area contributed by atoms with Crippen molar-refractivity contribution < 1.29 is 52.1 Å². The molecule has 5 atom stereocenters. The highest BCUT2D eigenvalue weighted by Gasteiger charge is 2.38. The van der Waals surface area contributed by atoms with Gasteiger partial charge in [-0.3, -0.25) is 0 Å². The van der Waals surface area contributed by atoms with Crippen LogP contribution >= 0.6 is 0 Å². The van der Waals surface area contributed by atoms with Crippen LogP contribution in [0.1, 0.15) is 44.5 Å². The van der Waals surface area contributed by atoms with Crippen LogP contribution in [-0.2, 0) is 90.7 Å². The first-order valence-corrected chi connectivity index (χ1v) is 28.7. The molecule has 0 saturated carbocycles. The number of hydrogen-bond acceptors (Lipinski definition) is 11. The first-order chi connectivity index (χ1) is 41.1. The third kappa shape index (κ3) is 22.0. The van der Waals surface area contributed by atoms with Gasteiger partial charge in [0, 0.05) is 0 Å². The molecule has 8 aromatic rings. The SMILES string of the molecule is C=CCOCC(COCC(COCC(COCC(COCC(COC(c1ccccc1)(c1ccccc1)c1ccccc1)OCc1ccccc1)OCc1ccccc1)OCc1ccccc1)OCc1ccccc1)OCc1ccccc1. The summed E-state index contributed by atoms with van der Waals surface area (Å²) in [4.78, 5) is 0. The number of benzene rings is 8. The summed E-state index contributed by atoms with van der Waals surface area (Å²) >= 11 is 0. The van der Waals surface area contributed by atoms with Gasteiger partial charge in [0.25, 0.3) is 0 Å². The van der Waals surface area contributed by atoms with E-state index in [0.29, 0.717) is 52.9 Å². The summed E-state index contributed by atoms with van der Waals surface area (Å²) in [5.41, 5.74) is 7.31. The van der Waals surface area contributed by atoms with Crippen LogP contribution in [0.3, 0.4) is 0 Å². The van der Waals surface area contributed by atoms with Crippen molar-refractivity contribution in [1.29, 1.82) is 0 Å². The molecule has 0 aromatic heterocycles. The summed E-state index contributed by atoms with van der Waals surface area (Å²) in [7, 11) is 0. The Bertz CT molecular complexity index is 2790. The predicted octanol–water partition coefficient (Wildman–Crippen LogP) is 13.2. The van der Waals surface area contributed by atoms with Gasteiger partial charge in [-0.15, -0.1) is 6.58 Å². The number of rotatable bonds is 41. The van der Waals surface area contributed by atoms with Crippen molar-refractivity contribution in [3.05, 3.63) is 300 Å². The topological polar surface area (TPSA) is 102 Å². The number of ether oxygens (including phenoxy) is 11. The summed E-state index contributed by atoms with van der Waals surface area (Å²) in [6.45, 7) is 8.68. The lowest BCUT2D eigenvalue weighted by Crippen LogP contribution is -2.38. The van der Waals surface area contributed by atoms with E-state index >= 15 is 0 Å². The fourth-order valence-corrected chi connectivity index (χ4v) is 9.26. The molecular formula is C72H80O11. The third-order valence-electron chi connectivity index (χ3n) is 13.6. The Balaban J connectivity index is 0.929. The van der Waals surface area contributed by atoms with Crippen LogP contribution in [0.2, 0.25) is 0 Å². The van der Waals surface area contributed by atoms with Gasteiger partial charge in [-0.1, -0.05) is 249 Å². The Morgan fingerprint density at radius 3 is 0.699 bits per heavy atom. The average Bonchev–Trinajstić information content (AvgIpc) is 3.47. The second-order valence-corrected chi connectivity index (χ2v) is 20.2. The summed E-state index contributed by atoms with van der Waals surface area (Å²) < 4.78 is 71.5. The van der Waals surface area contributed by atoms with E-state index in [4.69, 9.17) is 52.1 Å². The second kappa shape index (κ2) is 36.6. The standard InChI is InChI=1S/C72H80O11/c1-2-43-73-49-67(78-44-59-27-11-3-12-28-59)50-74-51-68(79-45-60-29-13-4-14-30-60)52-75-53-69(80-46-61-31-15-5-16-32-61)54-76-55-70(81-47-62-33-17-6-18-34-62)56-77-57-71(82-48-63-35-19-7-20-36-63)58-83-72(64-37-21-8-22-38-64,65-39-23-9-24-40-65)66-41-25-10-26-42-66/h2-42,67-71H,1,43-58H2. The molecule has 0 aliphatic carbocycles. The molecule has 0 aliphatic rings. The van der Waals surface area contributed by atoms with Gasteiger partial charge in [-0.25, -0.2) is 0 Å². The lowest BCUT2D eigenvalue weighted by atomic mass is 9.80. The first kappa shape index (κ1) is 62.1. The van der Waals surface area contributed by atoms with E-state index in [-0.39, 0.29) is 59.0 Å². The minimum atomic E-state index is -0.942. The Morgan fingerprint density at radius 2 is 0.470 bits per heavy atom. The Hall–Kier alpha value is -6.94. The van der Waals surface area contributed by atoms with Crippen LogP contribution in [-0.4, -0.2) is 103 Å². The summed E-state index contributed by atoms with van der Waals surface area (Å²) in [5.74, 6) is 0. The highest BCUT2D eigenvalue weighted by Crippen LogP contribution is 2.40. The van der Waals surface area contributed by atoms with Crippen molar-refractivity contribution in [3.63, 3.8) is 0 Å². The van der Waals surface area contributed by atoms with E-state index in [9.17, 15) is 0 Å². The van der Waals surface area contributed by atoms with Gasteiger partial charge in [0.15, 0.2) is 0 Å². The maximum absolute atomic E-state index is 7.28. The van der Waals surface area contributed by atoms with E-state index in [1.165, 1.54) is 0 Å². The zero-order chi connectivity index (χ0) is 57.1. The fraction of sp³-hybridized carbons (Fsp3) is 0.306. The molecule has 8 rings (SSSR count). The van der Waals surface area contributed by atoms with E-state index < -0.39 is 30.0 Å². The van der Waals surface area contributed by atoms with Crippen molar-refractivity contribution in [2.75, 3.05) is 72.7 Å². The molecule has 0 heterocycles. The lowest BCUT2D eigenvalue weighted by Gasteiger charge is -2.37. The molecule has 0 saturated heterocycles. The molecule has 0 spiro atoms. The van der Waals surface area contributed by atoms with E-state index in [1.807, 2.05) is 158 Å². The molecule has 434 valence electrons. The van der Waals surface area contributed by atoms with Gasteiger partial charge in [-0.2, -0.15) is 0 Å². The van der Waals surface area contributed by atoms with Crippen molar-refractivity contribution in [3.8, 4) is 0 Å². The van der Waals surface area contributed by atoms with Crippen LogP contribution in [0.4, 0.5) is 0 Å². The van der Waals surface area contributed by atoms with Crippen LogP contribution in [0.25, 0.3) is 0 Å². The summed E-state index contributed by atoms with van der Waals surface area (Å²) in [5, 5.41) is 0. The van der Waals surface area contributed by atoms with Gasteiger partial charge in [0.1, 0.15) is 36.1 Å². The minimum absolute atomic E-state index is 0.219. The molecule has 11 nitrogen and oxygen atoms in total. The van der Waals surface area contributed by atoms with Crippen LogP contribution in [0, 0.1) is 0 Å². The van der Waals surface area contributed by atoms with Crippen LogP contribution in [0.5, 0.6) is 0 Å². The van der Waals surface area contributed by atoms with Crippen molar-refractivity contribution >= 4 is 0 Å². The van der Waals surface area contributed by atoms with Crippen molar-refractivity contribution in [2.24, 2.45) is 0 Å². The highest BCUT2D eigenvalue weighted by atomic mass is 16.6. The largest absolute Gasteiger partial charge is 0.376 e. The zero-order valence-corrected chi connectivity index (χ0v) is 47.6. The quantitative estimate of drug-likeness (QED) is 0.0208. The minimum Gasteiger partial charge on any atom is -0.376 e. The maximum Gasteiger partial charge on any atom is 0.143 e. The van der Waals surface area contributed by atoms with Gasteiger partial charge in [0.2, 0.25) is 0 Å². The molecule has 0 radical (unpaired) electrons. The Morgan fingerprint density at radius 1 is 0.265 bits per heavy atom. The molecule has 0 bridgehead atoms. The van der Waals surface area contributed by atoms with Gasteiger partial charge in [0.05, 0.1) is 106 Å². The highest BCUT2D eigenvalue weighted by molar-refractivity contribution is 5.47. The molecule has 0 aliphatic heterocycles. The van der Waals surface area contributed by atoms with Crippen molar-refractivity contribution in [1.82, 2.24) is 0 Å². The lowest BCUT2D eigenvalue weighted by molar-refractivity contribution is -0.129. The second-order valence-electron chi connectivity index (χ2n) is 20.2. The molecule has 0 N–H and O–H groups in total. The Labute approximate surface area is 491 Å². The molecule has 11 heteroatoms. The summed E-state index contributed by atoms with van der Waals surface area (Å²) in [6, 6.07) is 81.6. The summed E-state index contributed by atoms with van der Waals surface area (Å²) in [6.07, 6.45) is -0.341. The van der Waals surface area contributed by atoms with E-state index in [1.54, 1.807) is 6.08 Å². The fourth-order valence-electron chi connectivity index (χ4n) is 9.26. The van der Waals surface area contributed by atoms with Gasteiger partial charge >= 0.3 is 0 Å². The van der Waals surface area contributed by atoms with Crippen molar-refractivity contribution in [2.45, 2.75) is 69.2 Å². The third-order valence-corrected chi connectivity index (χ3v) is 13.6. The molecule has 83 heavy (non-hydrogen) atoms. The van der Waals surface area contributed by atoms with Gasteiger partial charge in [-0.05, 0) is 44.5 Å². The molecule has 0 fully saturated rings. The van der Waals surface area contributed by atoms with E-state index in [0.717, 1.165) is 44.5 Å². The molecular weight excluding hydrogens is 1040 g/mol. The van der Waals surface area contributed by atoms with Crippen LogP contribution in [0.15, 0.2) is 255 Å². The van der Waals surface area contributed by atoms with Gasteiger partial charge < -0.3 is 52.1 Å². The maximum atomic E-state index is 7.28. The average molecular weight is 1120 g/mol. The monoisotopic (exact) mass is 1120 g/mol. The first-order valence-electron chi connectivity index (χ1n) is 28.7. The Kier molecular flexibility index (Phi) is 27.4. The normalized spacial score (nSPS) is 13.4. The van der Waals surface area contributed by atoms with E-state index in [2.05, 4.69) is 91.5 Å². The zero-order valence-electron chi connectivity index (χ0n) is 47.6. The smallest absolute Gasteiger partial charge is 0.143 e. The van der Waals surface area contributed by atoms with Crippen LogP contribution < -0.4 is 0 Å².